The molecule has 0 bridgehead atoms. The molecule has 2 aliphatic rings. The minimum absolute atomic E-state index is 0.205. The van der Waals surface area contributed by atoms with Crippen molar-refractivity contribution in [2.45, 2.75) is 19.0 Å². The van der Waals surface area contributed by atoms with Crippen molar-refractivity contribution in [3.05, 3.63) is 100 Å². The molecule has 0 radical (unpaired) electrons. The lowest BCUT2D eigenvalue weighted by Gasteiger charge is -2.45. The van der Waals surface area contributed by atoms with Gasteiger partial charge >= 0.3 is 6.18 Å². The number of nitrogens with zero attached hydrogens (tertiary/aromatic N) is 7. The zero-order chi connectivity index (χ0) is 29.9. The van der Waals surface area contributed by atoms with E-state index >= 15 is 0 Å². The predicted molar refractivity (Wildman–Crippen MR) is 152 cm³/mol. The molecule has 4 aromatic heterocycles. The van der Waals surface area contributed by atoms with Crippen LogP contribution in [0.5, 0.6) is 0 Å². The van der Waals surface area contributed by atoms with E-state index in [4.69, 9.17) is 4.98 Å². The van der Waals surface area contributed by atoms with E-state index in [9.17, 15) is 22.4 Å². The van der Waals surface area contributed by atoms with Crippen LogP contribution in [0.15, 0.2) is 72.1 Å². The number of ketones is 1. The lowest BCUT2D eigenvalue weighted by molar-refractivity contribution is -0.137. The average molecular weight is 606 g/mol. The van der Waals surface area contributed by atoms with Crippen LogP contribution in [0.4, 0.5) is 22.7 Å². The molecule has 0 saturated carbocycles. The highest BCUT2D eigenvalue weighted by molar-refractivity contribution is 7.14. The number of carbonyl (C=O) groups is 1. The van der Waals surface area contributed by atoms with Gasteiger partial charge in [0.15, 0.2) is 10.9 Å². The lowest BCUT2D eigenvalue weighted by atomic mass is 9.65. The summed E-state index contributed by atoms with van der Waals surface area (Å²) in [6, 6.07) is 7.61. The normalized spacial score (nSPS) is 18.3. The Hall–Kier alpha value is -4.65. The Morgan fingerprint density at radius 1 is 1.09 bits per heavy atom. The number of fused-ring (bicyclic) bond motifs is 2. The maximum absolute atomic E-state index is 14.4. The van der Waals surface area contributed by atoms with Gasteiger partial charge in [0.25, 0.3) is 0 Å². The van der Waals surface area contributed by atoms with E-state index in [1.165, 1.54) is 23.5 Å². The Labute approximate surface area is 246 Å². The van der Waals surface area contributed by atoms with Crippen molar-refractivity contribution in [3.63, 3.8) is 0 Å². The number of rotatable bonds is 5. The molecule has 1 fully saturated rings. The molecule has 0 unspecified atom stereocenters. The Morgan fingerprint density at radius 3 is 2.65 bits per heavy atom. The van der Waals surface area contributed by atoms with E-state index in [2.05, 4.69) is 15.2 Å². The molecule has 13 heteroatoms. The van der Waals surface area contributed by atoms with Crippen molar-refractivity contribution in [1.29, 1.82) is 0 Å². The second kappa shape index (κ2) is 9.97. The number of piperidine rings is 1. The third kappa shape index (κ3) is 4.73. The van der Waals surface area contributed by atoms with E-state index in [1.54, 1.807) is 33.9 Å². The Balaban J connectivity index is 1.30. The zero-order valence-electron chi connectivity index (χ0n) is 22.7. The monoisotopic (exact) mass is 605 g/mol. The van der Waals surface area contributed by atoms with Crippen LogP contribution in [0.25, 0.3) is 23.0 Å². The molecule has 43 heavy (non-hydrogen) atoms. The number of aromatic nitrogens is 6. The molecule has 0 amide bonds. The van der Waals surface area contributed by atoms with Crippen molar-refractivity contribution in [2.24, 2.45) is 12.5 Å². The van der Waals surface area contributed by atoms with Crippen LogP contribution in [-0.4, -0.2) is 48.4 Å². The highest BCUT2D eigenvalue weighted by atomic mass is 32.1. The van der Waals surface area contributed by atoms with Gasteiger partial charge < -0.3 is 4.90 Å². The first kappa shape index (κ1) is 27.2. The molecular weight excluding hydrogens is 582 g/mol. The maximum atomic E-state index is 14.4. The second-order valence-corrected chi connectivity index (χ2v) is 11.6. The third-order valence-electron chi connectivity index (χ3n) is 8.00. The van der Waals surface area contributed by atoms with Gasteiger partial charge in [-0.1, -0.05) is 5.57 Å². The Kier molecular flexibility index (Phi) is 6.31. The highest BCUT2D eigenvalue weighted by Crippen LogP contribution is 2.47. The molecule has 8 nitrogen and oxygen atoms in total. The van der Waals surface area contributed by atoms with Crippen molar-refractivity contribution in [1.82, 2.24) is 29.5 Å². The standard InChI is InChI=1S/C30H23F4N7OS/c1-39-15-19(14-36-39)25-16-43-28(38-25)40-9-7-20-11-26-18(13-37-41(26)23-4-2-22(31)3-5-23)12-29(20,17-40)27(42)24-10-21(6-8-35-24)30(32,33)34/h2-6,8,10-11,13-16H,7,9,12,17H2,1H3/t29-/m0/s1. The van der Waals surface area contributed by atoms with Crippen molar-refractivity contribution in [3.8, 4) is 16.9 Å². The topological polar surface area (TPSA) is 81.7 Å². The number of benzene rings is 1. The minimum Gasteiger partial charge on any atom is -0.346 e. The number of anilines is 1. The van der Waals surface area contributed by atoms with Gasteiger partial charge in [0.2, 0.25) is 0 Å². The smallest absolute Gasteiger partial charge is 0.346 e. The SMILES string of the molecule is Cn1cc(-c2csc(N3CCC4=Cc5c(cnn5-c5ccc(F)cc5)C[C@]4(C(=O)c4cc(C(F)(F)F)ccn4)C3)n2)cn1. The zero-order valence-corrected chi connectivity index (χ0v) is 23.5. The molecular formula is C30H23F4N7OS. The van der Waals surface area contributed by atoms with Crippen LogP contribution in [0, 0.1) is 11.2 Å². The van der Waals surface area contributed by atoms with Gasteiger partial charge in [0.05, 0.1) is 40.4 Å². The molecule has 1 saturated heterocycles. The molecule has 0 N–H and O–H groups in total. The summed E-state index contributed by atoms with van der Waals surface area (Å²) >= 11 is 1.44. The van der Waals surface area contributed by atoms with Crippen LogP contribution >= 0.6 is 11.3 Å². The van der Waals surface area contributed by atoms with Gasteiger partial charge in [0, 0.05) is 43.5 Å². The number of aryl methyl sites for hydroxylation is 1. The summed E-state index contributed by atoms with van der Waals surface area (Å²) in [6.45, 7) is 0.758. The molecule has 7 rings (SSSR count). The first-order valence-corrected chi connectivity index (χ1v) is 14.3. The summed E-state index contributed by atoms with van der Waals surface area (Å²) in [5, 5.41) is 11.4. The molecule has 1 aromatic carbocycles. The largest absolute Gasteiger partial charge is 0.416 e. The first-order chi connectivity index (χ1) is 20.6. The first-order valence-electron chi connectivity index (χ1n) is 13.4. The van der Waals surface area contributed by atoms with Gasteiger partial charge in [-0.15, -0.1) is 11.3 Å². The number of halogens is 4. The van der Waals surface area contributed by atoms with E-state index in [-0.39, 0.29) is 24.5 Å². The summed E-state index contributed by atoms with van der Waals surface area (Å²) in [6.07, 6.45) is 4.24. The van der Waals surface area contributed by atoms with E-state index in [0.29, 0.717) is 23.8 Å². The van der Waals surface area contributed by atoms with Crippen LogP contribution < -0.4 is 4.90 Å². The fourth-order valence-electron chi connectivity index (χ4n) is 5.87. The summed E-state index contributed by atoms with van der Waals surface area (Å²) in [4.78, 5) is 25.3. The van der Waals surface area contributed by atoms with Crippen LogP contribution in [0.1, 0.15) is 33.7 Å². The summed E-state index contributed by atoms with van der Waals surface area (Å²) in [5.74, 6) is -0.860. The summed E-state index contributed by atoms with van der Waals surface area (Å²) < 4.78 is 57.8. The summed E-state index contributed by atoms with van der Waals surface area (Å²) in [7, 11) is 1.82. The quantitative estimate of drug-likeness (QED) is 0.181. The molecule has 5 aromatic rings. The highest BCUT2D eigenvalue weighted by Gasteiger charge is 2.50. The molecule has 5 heterocycles. The van der Waals surface area contributed by atoms with Gasteiger partial charge in [-0.25, -0.2) is 14.1 Å². The second-order valence-electron chi connectivity index (χ2n) is 10.7. The van der Waals surface area contributed by atoms with Gasteiger partial charge in [-0.05, 0) is 60.9 Å². The van der Waals surface area contributed by atoms with Crippen LogP contribution in [0.3, 0.4) is 0 Å². The number of carbonyl (C=O) groups excluding carboxylic acids is 1. The fraction of sp³-hybridized carbons (Fsp3) is 0.233. The van der Waals surface area contributed by atoms with E-state index < -0.39 is 22.9 Å². The molecule has 0 spiro atoms. The van der Waals surface area contributed by atoms with Crippen LogP contribution in [-0.2, 0) is 19.6 Å². The van der Waals surface area contributed by atoms with Crippen molar-refractivity contribution >= 4 is 28.3 Å². The van der Waals surface area contributed by atoms with E-state index in [0.717, 1.165) is 46.4 Å². The number of hydrogen-bond donors (Lipinski definition) is 0. The molecule has 218 valence electrons. The Morgan fingerprint density at radius 2 is 1.91 bits per heavy atom. The average Bonchev–Trinajstić information content (AvgIpc) is 3.75. The number of hydrogen-bond acceptors (Lipinski definition) is 7. The third-order valence-corrected chi connectivity index (χ3v) is 8.91. The van der Waals surface area contributed by atoms with Crippen LogP contribution in [0.2, 0.25) is 0 Å². The molecule has 1 aliphatic heterocycles. The Bertz CT molecular complexity index is 1890. The summed E-state index contributed by atoms with van der Waals surface area (Å²) in [5.41, 5.74) is 2.19. The molecule has 1 atom stereocenters. The van der Waals surface area contributed by atoms with E-state index in [1.807, 2.05) is 29.6 Å². The van der Waals surface area contributed by atoms with Gasteiger partial charge in [-0.2, -0.15) is 23.4 Å². The molecule has 1 aliphatic carbocycles. The van der Waals surface area contributed by atoms with Crippen molar-refractivity contribution < 1.29 is 22.4 Å². The minimum atomic E-state index is -4.62. The fourth-order valence-corrected chi connectivity index (χ4v) is 6.74. The van der Waals surface area contributed by atoms with Crippen molar-refractivity contribution in [2.75, 3.05) is 18.0 Å². The number of pyridine rings is 1. The number of thiazole rings is 1. The van der Waals surface area contributed by atoms with Gasteiger partial charge in [-0.3, -0.25) is 14.5 Å². The van der Waals surface area contributed by atoms with Gasteiger partial charge in [0.1, 0.15) is 11.5 Å². The maximum Gasteiger partial charge on any atom is 0.416 e. The lowest BCUT2D eigenvalue weighted by Crippen LogP contribution is -2.52. The number of Topliss-reactive ketones (excluding diaryl/α,β-unsaturated/α-hetero) is 1. The predicted octanol–water partition coefficient (Wildman–Crippen LogP) is 6.00. The number of alkyl halides is 3.